The van der Waals surface area contributed by atoms with E-state index in [0.29, 0.717) is 14.1 Å². The van der Waals surface area contributed by atoms with Gasteiger partial charge in [-0.15, -0.1) is 22.7 Å². The van der Waals surface area contributed by atoms with E-state index >= 15 is 0 Å². The number of thiophene rings is 2. The van der Waals surface area contributed by atoms with Gasteiger partial charge in [-0.05, 0) is 40.6 Å². The molecule has 0 fully saturated rings. The summed E-state index contributed by atoms with van der Waals surface area (Å²) in [6.07, 6.45) is 0.174. The van der Waals surface area contributed by atoms with Crippen molar-refractivity contribution in [3.05, 3.63) is 74.8 Å². The smallest absolute Gasteiger partial charge is 0.224 e. The summed E-state index contributed by atoms with van der Waals surface area (Å²) in [5.41, 5.74) is 0.820. The molecule has 1 N–H and O–H groups in total. The first-order valence-electron chi connectivity index (χ1n) is 7.79. The molecule has 0 aliphatic carbocycles. The number of hydrogen-bond donors (Lipinski definition) is 1. The molecule has 1 amide bonds. The molecule has 8 heteroatoms. The zero-order valence-corrected chi connectivity index (χ0v) is 16.8. The summed E-state index contributed by atoms with van der Waals surface area (Å²) in [5.74, 6) is -0.227. The van der Waals surface area contributed by atoms with Gasteiger partial charge in [0.1, 0.15) is 9.46 Å². The molecule has 1 unspecified atom stereocenters. The molecule has 0 spiro atoms. The number of hydrogen-bond acceptors (Lipinski definition) is 5. The number of carbonyl (C=O) groups excluding carboxylic acids is 1. The molecule has 2 aromatic heterocycles. The average Bonchev–Trinajstić information content (AvgIpc) is 3.30. The van der Waals surface area contributed by atoms with Gasteiger partial charge in [0.25, 0.3) is 0 Å². The average molecular weight is 426 g/mol. The highest BCUT2D eigenvalue weighted by Crippen LogP contribution is 2.33. The molecule has 3 aromatic rings. The lowest BCUT2D eigenvalue weighted by Crippen LogP contribution is -2.32. The Hall–Kier alpha value is -1.67. The first-order chi connectivity index (χ1) is 12.5. The largest absolute Gasteiger partial charge is 0.354 e. The molecular formula is C18H16ClNO3S3. The first-order valence-corrected chi connectivity index (χ1v) is 11.5. The molecule has 1 atom stereocenters. The zero-order valence-electron chi connectivity index (χ0n) is 13.6. The number of amides is 1. The van der Waals surface area contributed by atoms with E-state index in [9.17, 15) is 13.2 Å². The van der Waals surface area contributed by atoms with E-state index < -0.39 is 15.1 Å². The van der Waals surface area contributed by atoms with Gasteiger partial charge in [-0.3, -0.25) is 4.79 Å². The molecule has 0 saturated carbocycles. The Morgan fingerprint density at radius 1 is 1.04 bits per heavy atom. The van der Waals surface area contributed by atoms with E-state index in [1.54, 1.807) is 47.8 Å². The second kappa shape index (κ2) is 8.35. The number of sulfone groups is 1. The maximum atomic E-state index is 13.0. The fourth-order valence-corrected chi connectivity index (χ4v) is 6.58. The number of benzene rings is 1. The summed E-state index contributed by atoms with van der Waals surface area (Å²) in [4.78, 5) is 13.0. The normalized spacial score (nSPS) is 12.7. The van der Waals surface area contributed by atoms with Crippen molar-refractivity contribution in [1.82, 2.24) is 5.32 Å². The molecule has 136 valence electrons. The molecule has 0 bridgehead atoms. The summed E-state index contributed by atoms with van der Waals surface area (Å²) in [6.45, 7) is 0.0349. The maximum absolute atomic E-state index is 13.0. The second-order valence-corrected chi connectivity index (χ2v) is 10.3. The van der Waals surface area contributed by atoms with Gasteiger partial charge in [-0.25, -0.2) is 8.42 Å². The molecule has 0 aliphatic heterocycles. The van der Waals surface area contributed by atoms with Gasteiger partial charge in [0, 0.05) is 16.4 Å². The van der Waals surface area contributed by atoms with Crippen molar-refractivity contribution in [3.8, 4) is 0 Å². The summed E-state index contributed by atoms with van der Waals surface area (Å²) < 4.78 is 26.2. The Morgan fingerprint density at radius 2 is 1.73 bits per heavy atom. The minimum atomic E-state index is -3.56. The van der Waals surface area contributed by atoms with E-state index in [2.05, 4.69) is 5.32 Å². The fraction of sp³-hybridized carbons (Fsp3) is 0.167. The summed E-state index contributed by atoms with van der Waals surface area (Å²) in [7, 11) is -3.56. The Kier molecular flexibility index (Phi) is 6.13. The molecular weight excluding hydrogens is 410 g/mol. The highest BCUT2D eigenvalue weighted by molar-refractivity contribution is 7.93. The fourth-order valence-electron chi connectivity index (χ4n) is 2.46. The number of halogens is 1. The third-order valence-corrected chi connectivity index (χ3v) is 8.67. The van der Waals surface area contributed by atoms with Crippen molar-refractivity contribution in [1.29, 1.82) is 0 Å². The number of rotatable bonds is 7. The number of carbonyl (C=O) groups is 1. The van der Waals surface area contributed by atoms with Crippen LogP contribution < -0.4 is 5.32 Å². The quantitative estimate of drug-likeness (QED) is 0.612. The highest BCUT2D eigenvalue weighted by atomic mass is 35.5. The molecule has 1 aromatic carbocycles. The van der Waals surface area contributed by atoms with Gasteiger partial charge in [0.2, 0.25) is 5.91 Å². The van der Waals surface area contributed by atoms with Crippen molar-refractivity contribution in [2.24, 2.45) is 0 Å². The van der Waals surface area contributed by atoms with Crippen LogP contribution in [-0.2, 0) is 21.1 Å². The van der Waals surface area contributed by atoms with Crippen LogP contribution in [-0.4, -0.2) is 20.9 Å². The van der Waals surface area contributed by atoms with Crippen LogP contribution in [0.3, 0.4) is 0 Å². The minimum Gasteiger partial charge on any atom is -0.354 e. The van der Waals surface area contributed by atoms with Crippen molar-refractivity contribution in [3.63, 3.8) is 0 Å². The molecule has 4 nitrogen and oxygen atoms in total. The lowest BCUT2D eigenvalue weighted by molar-refractivity contribution is -0.120. The van der Waals surface area contributed by atoms with Gasteiger partial charge in [-0.1, -0.05) is 35.9 Å². The third-order valence-electron chi connectivity index (χ3n) is 3.77. The lowest BCUT2D eigenvalue weighted by atomic mass is 10.1. The van der Waals surface area contributed by atoms with Gasteiger partial charge in [0.15, 0.2) is 9.84 Å². The predicted octanol–water partition coefficient (Wildman–Crippen LogP) is 4.34. The zero-order chi connectivity index (χ0) is 18.6. The van der Waals surface area contributed by atoms with Crippen LogP contribution in [0.5, 0.6) is 0 Å². The van der Waals surface area contributed by atoms with Gasteiger partial charge in [0.05, 0.1) is 6.42 Å². The standard InChI is InChI=1S/C18H16ClNO3S3/c19-14-7-5-13(6-8-14)11-17(21)20-12-16(15-3-1-9-24-15)26(22,23)18-4-2-10-25-18/h1-10,16H,11-12H2,(H,20,21). The molecule has 2 heterocycles. The van der Waals surface area contributed by atoms with Crippen molar-refractivity contribution < 1.29 is 13.2 Å². The molecule has 0 radical (unpaired) electrons. The Labute approximate surface area is 165 Å². The van der Waals surface area contributed by atoms with Crippen LogP contribution >= 0.6 is 34.3 Å². The van der Waals surface area contributed by atoms with E-state index in [1.165, 1.54) is 22.7 Å². The van der Waals surface area contributed by atoms with Gasteiger partial charge in [-0.2, -0.15) is 0 Å². The first kappa shape index (κ1) is 19.1. The predicted molar refractivity (Wildman–Crippen MR) is 107 cm³/mol. The molecule has 26 heavy (non-hydrogen) atoms. The summed E-state index contributed by atoms with van der Waals surface area (Å²) in [5, 5.41) is 6.14. The van der Waals surface area contributed by atoms with Gasteiger partial charge < -0.3 is 5.32 Å². The topological polar surface area (TPSA) is 63.2 Å². The number of nitrogens with one attached hydrogen (secondary N) is 1. The summed E-state index contributed by atoms with van der Waals surface area (Å²) >= 11 is 8.40. The molecule has 3 rings (SSSR count). The van der Waals surface area contributed by atoms with Crippen LogP contribution in [0.25, 0.3) is 0 Å². The molecule has 0 aliphatic rings. The van der Waals surface area contributed by atoms with Crippen LogP contribution in [0.1, 0.15) is 15.7 Å². The lowest BCUT2D eigenvalue weighted by Gasteiger charge is -2.16. The Bertz CT molecular complexity index is 950. The van der Waals surface area contributed by atoms with E-state index in [0.717, 1.165) is 5.56 Å². The molecule has 0 saturated heterocycles. The third kappa shape index (κ3) is 4.54. The highest BCUT2D eigenvalue weighted by Gasteiger charge is 2.31. The Morgan fingerprint density at radius 3 is 2.35 bits per heavy atom. The van der Waals surface area contributed by atoms with E-state index in [-0.39, 0.29) is 18.9 Å². The second-order valence-electron chi connectivity index (χ2n) is 5.59. The maximum Gasteiger partial charge on any atom is 0.224 e. The SMILES string of the molecule is O=C(Cc1ccc(Cl)cc1)NCC(c1cccs1)S(=O)(=O)c1cccs1. The monoisotopic (exact) mass is 425 g/mol. The van der Waals surface area contributed by atoms with Crippen LogP contribution in [0.4, 0.5) is 0 Å². The van der Waals surface area contributed by atoms with Crippen molar-refractivity contribution in [2.75, 3.05) is 6.54 Å². The van der Waals surface area contributed by atoms with Gasteiger partial charge >= 0.3 is 0 Å². The van der Waals surface area contributed by atoms with E-state index in [1.807, 2.05) is 11.4 Å². The van der Waals surface area contributed by atoms with Crippen LogP contribution in [0, 0.1) is 0 Å². The van der Waals surface area contributed by atoms with Crippen molar-refractivity contribution >= 4 is 50.0 Å². The minimum absolute atomic E-state index is 0.0349. The summed E-state index contributed by atoms with van der Waals surface area (Å²) in [6, 6.07) is 13.9. The van der Waals surface area contributed by atoms with Crippen LogP contribution in [0.2, 0.25) is 5.02 Å². The Balaban J connectivity index is 1.73. The van der Waals surface area contributed by atoms with Crippen molar-refractivity contribution in [2.45, 2.75) is 15.9 Å². The van der Waals surface area contributed by atoms with E-state index in [4.69, 9.17) is 11.6 Å². The van der Waals surface area contributed by atoms with Crippen LogP contribution in [0.15, 0.2) is 63.5 Å².